The molecule has 0 atom stereocenters. The first-order valence-corrected chi connectivity index (χ1v) is 9.00. The fraction of sp³-hybridized carbons (Fsp3) is 0.231. The minimum Gasteiger partial charge on any atom is -0.396 e. The lowest BCUT2D eigenvalue weighted by Gasteiger charge is -2.09. The molecule has 0 spiro atoms. The fourth-order valence-corrected chi connectivity index (χ4v) is 4.47. The second-order valence-corrected chi connectivity index (χ2v) is 8.25. The Labute approximate surface area is 130 Å². The summed E-state index contributed by atoms with van der Waals surface area (Å²) in [5.74, 6) is 0. The molecule has 0 aliphatic heterocycles. The van der Waals surface area contributed by atoms with Crippen LogP contribution in [0.3, 0.4) is 0 Å². The van der Waals surface area contributed by atoms with E-state index in [1.165, 1.54) is 11.3 Å². The van der Waals surface area contributed by atoms with Crippen molar-refractivity contribution < 1.29 is 13.5 Å². The number of hydrogen-bond donors (Lipinski definition) is 2. The summed E-state index contributed by atoms with van der Waals surface area (Å²) >= 11 is 4.50. The Morgan fingerprint density at radius 2 is 2.05 bits per heavy atom. The van der Waals surface area contributed by atoms with E-state index in [1.54, 1.807) is 18.2 Å². The quantitative estimate of drug-likeness (QED) is 0.843. The molecule has 2 N–H and O–H groups in total. The lowest BCUT2D eigenvalue weighted by atomic mass is 10.2. The van der Waals surface area contributed by atoms with E-state index in [1.807, 2.05) is 19.1 Å². The molecule has 0 bridgehead atoms. The zero-order valence-electron chi connectivity index (χ0n) is 10.8. The van der Waals surface area contributed by atoms with Crippen LogP contribution in [-0.4, -0.2) is 20.1 Å². The molecule has 0 unspecified atom stereocenters. The van der Waals surface area contributed by atoms with Gasteiger partial charge >= 0.3 is 0 Å². The molecule has 4 nitrogen and oxygen atoms in total. The third kappa shape index (κ3) is 3.60. The van der Waals surface area contributed by atoms with Crippen molar-refractivity contribution in [1.82, 2.24) is 0 Å². The van der Waals surface area contributed by atoms with E-state index in [2.05, 4.69) is 20.7 Å². The Morgan fingerprint density at radius 1 is 1.30 bits per heavy atom. The molecule has 0 aliphatic carbocycles. The third-order valence-corrected chi connectivity index (χ3v) is 6.20. The lowest BCUT2D eigenvalue weighted by Crippen LogP contribution is -2.12. The van der Waals surface area contributed by atoms with Crippen LogP contribution >= 0.6 is 27.3 Å². The Balaban J connectivity index is 2.28. The van der Waals surface area contributed by atoms with Gasteiger partial charge in [-0.1, -0.05) is 22.0 Å². The Bertz CT molecular complexity index is 710. The zero-order valence-corrected chi connectivity index (χ0v) is 14.0. The van der Waals surface area contributed by atoms with E-state index < -0.39 is 10.0 Å². The van der Waals surface area contributed by atoms with Crippen LogP contribution in [0.1, 0.15) is 10.4 Å². The summed E-state index contributed by atoms with van der Waals surface area (Å²) in [5.41, 5.74) is 1.40. The maximum atomic E-state index is 12.3. The number of aliphatic hydroxyl groups excluding tert-OH is 1. The number of nitrogens with one attached hydrogen (secondary N) is 1. The van der Waals surface area contributed by atoms with Crippen molar-refractivity contribution in [2.24, 2.45) is 0 Å². The minimum atomic E-state index is -3.58. The van der Waals surface area contributed by atoms with Crippen LogP contribution in [0.15, 0.2) is 39.0 Å². The van der Waals surface area contributed by atoms with Gasteiger partial charge in [0.05, 0.1) is 5.69 Å². The van der Waals surface area contributed by atoms with E-state index in [-0.39, 0.29) is 10.8 Å². The molecule has 108 valence electrons. The number of thiophene rings is 1. The molecule has 1 aromatic heterocycles. The lowest BCUT2D eigenvalue weighted by molar-refractivity contribution is 0.300. The molecule has 7 heteroatoms. The van der Waals surface area contributed by atoms with Crippen molar-refractivity contribution in [3.8, 4) is 0 Å². The maximum Gasteiger partial charge on any atom is 0.271 e. The highest BCUT2D eigenvalue weighted by atomic mass is 79.9. The van der Waals surface area contributed by atoms with E-state index in [0.29, 0.717) is 12.1 Å². The first-order chi connectivity index (χ1) is 9.42. The summed E-state index contributed by atoms with van der Waals surface area (Å²) in [4.78, 5) is 0.846. The van der Waals surface area contributed by atoms with Crippen molar-refractivity contribution in [2.45, 2.75) is 17.6 Å². The van der Waals surface area contributed by atoms with Gasteiger partial charge in [-0.15, -0.1) is 11.3 Å². The van der Waals surface area contributed by atoms with Crippen molar-refractivity contribution in [3.05, 3.63) is 45.2 Å². The van der Waals surface area contributed by atoms with Gasteiger partial charge in [-0.25, -0.2) is 8.42 Å². The summed E-state index contributed by atoms with van der Waals surface area (Å²) in [5, 5.41) is 8.87. The van der Waals surface area contributed by atoms with Crippen molar-refractivity contribution in [3.63, 3.8) is 0 Å². The largest absolute Gasteiger partial charge is 0.396 e. The van der Waals surface area contributed by atoms with Gasteiger partial charge in [0.1, 0.15) is 4.21 Å². The van der Waals surface area contributed by atoms with Crippen LogP contribution in [0, 0.1) is 6.92 Å². The number of aryl methyl sites for hydroxylation is 1. The number of aliphatic hydroxyl groups is 1. The van der Waals surface area contributed by atoms with E-state index in [0.717, 1.165) is 14.9 Å². The summed E-state index contributed by atoms with van der Waals surface area (Å²) in [7, 11) is -3.58. The fourth-order valence-electron chi connectivity index (χ4n) is 1.65. The van der Waals surface area contributed by atoms with Crippen LogP contribution in [0.25, 0.3) is 0 Å². The average molecular weight is 376 g/mol. The molecule has 0 radical (unpaired) electrons. The minimum absolute atomic E-state index is 0.0121. The van der Waals surface area contributed by atoms with Crippen molar-refractivity contribution in [1.29, 1.82) is 0 Å². The highest BCUT2D eigenvalue weighted by Crippen LogP contribution is 2.27. The summed E-state index contributed by atoms with van der Waals surface area (Å²) in [6.45, 7) is 1.86. The molecule has 0 saturated heterocycles. The highest BCUT2D eigenvalue weighted by Gasteiger charge is 2.18. The Kier molecular flexibility index (Phi) is 4.85. The molecule has 2 aromatic rings. The van der Waals surface area contributed by atoms with Gasteiger partial charge in [0.15, 0.2) is 0 Å². The second kappa shape index (κ2) is 6.26. The van der Waals surface area contributed by atoms with Crippen molar-refractivity contribution in [2.75, 3.05) is 11.3 Å². The van der Waals surface area contributed by atoms with Gasteiger partial charge in [-0.3, -0.25) is 4.72 Å². The standard InChI is InChI=1S/C13H14BrNO3S2/c1-9-2-3-10(14)8-12(9)15-20(17,18)13-5-4-11(19-13)6-7-16/h2-5,8,15-16H,6-7H2,1H3. The molecule has 1 aromatic carbocycles. The number of benzene rings is 1. The topological polar surface area (TPSA) is 66.4 Å². The van der Waals surface area contributed by atoms with Crippen LogP contribution in [-0.2, 0) is 16.4 Å². The van der Waals surface area contributed by atoms with Gasteiger partial charge in [0.25, 0.3) is 10.0 Å². The van der Waals surface area contributed by atoms with Gasteiger partial charge in [-0.2, -0.15) is 0 Å². The molecule has 0 amide bonds. The molecular formula is C13H14BrNO3S2. The van der Waals surface area contributed by atoms with Gasteiger partial charge in [0.2, 0.25) is 0 Å². The summed E-state index contributed by atoms with van der Waals surface area (Å²) in [6.07, 6.45) is 0.468. The van der Waals surface area contributed by atoms with Crippen LogP contribution in [0.5, 0.6) is 0 Å². The highest BCUT2D eigenvalue weighted by molar-refractivity contribution is 9.10. The number of anilines is 1. The van der Waals surface area contributed by atoms with Crippen LogP contribution in [0.4, 0.5) is 5.69 Å². The van der Waals surface area contributed by atoms with E-state index in [4.69, 9.17) is 5.11 Å². The van der Waals surface area contributed by atoms with Gasteiger partial charge < -0.3 is 5.11 Å². The van der Waals surface area contributed by atoms with Crippen LogP contribution < -0.4 is 4.72 Å². The van der Waals surface area contributed by atoms with Crippen molar-refractivity contribution >= 4 is 43.0 Å². The molecule has 0 fully saturated rings. The Hall–Kier alpha value is -0.890. The number of sulfonamides is 1. The SMILES string of the molecule is Cc1ccc(Br)cc1NS(=O)(=O)c1ccc(CCO)s1. The molecule has 0 aliphatic rings. The third-order valence-electron chi connectivity index (χ3n) is 2.70. The molecule has 2 rings (SSSR count). The predicted octanol–water partition coefficient (Wildman–Crippen LogP) is 3.15. The maximum absolute atomic E-state index is 12.3. The molecule has 0 saturated carbocycles. The first kappa shape index (κ1) is 15.5. The monoisotopic (exact) mass is 375 g/mol. The van der Waals surface area contributed by atoms with Gasteiger partial charge in [-0.05, 0) is 36.8 Å². The summed E-state index contributed by atoms with van der Waals surface area (Å²) in [6, 6.07) is 8.72. The Morgan fingerprint density at radius 3 is 2.75 bits per heavy atom. The molecule has 1 heterocycles. The normalized spacial score (nSPS) is 11.6. The number of rotatable bonds is 5. The smallest absolute Gasteiger partial charge is 0.271 e. The summed E-state index contributed by atoms with van der Waals surface area (Å²) < 4.78 is 28.3. The molecule has 20 heavy (non-hydrogen) atoms. The zero-order chi connectivity index (χ0) is 14.8. The first-order valence-electron chi connectivity index (χ1n) is 5.91. The predicted molar refractivity (Wildman–Crippen MR) is 84.8 cm³/mol. The number of hydrogen-bond acceptors (Lipinski definition) is 4. The average Bonchev–Trinajstić information content (AvgIpc) is 2.83. The number of halogens is 1. The van der Waals surface area contributed by atoms with E-state index in [9.17, 15) is 8.42 Å². The molecular weight excluding hydrogens is 362 g/mol. The van der Waals surface area contributed by atoms with Crippen LogP contribution in [0.2, 0.25) is 0 Å². The van der Waals surface area contributed by atoms with Gasteiger partial charge in [0, 0.05) is 22.4 Å². The second-order valence-electron chi connectivity index (χ2n) is 4.26. The van der Waals surface area contributed by atoms with E-state index >= 15 is 0 Å².